The normalized spacial score (nSPS) is 10.9. The number of thiophene rings is 1. The van der Waals surface area contributed by atoms with Gasteiger partial charge in [0, 0.05) is 19.4 Å². The van der Waals surface area contributed by atoms with Crippen molar-refractivity contribution in [2.24, 2.45) is 7.05 Å². The van der Waals surface area contributed by atoms with E-state index in [2.05, 4.69) is 0 Å². The summed E-state index contributed by atoms with van der Waals surface area (Å²) in [6, 6.07) is 7.00. The van der Waals surface area contributed by atoms with Gasteiger partial charge in [-0.3, -0.25) is 9.59 Å². The molecular weight excluding hydrogens is 248 g/mol. The first-order valence-electron chi connectivity index (χ1n) is 5.43. The number of aromatic nitrogens is 2. The van der Waals surface area contributed by atoms with Gasteiger partial charge < -0.3 is 8.97 Å². The molecule has 0 spiro atoms. The second kappa shape index (κ2) is 3.96. The summed E-state index contributed by atoms with van der Waals surface area (Å²) in [6.07, 6.45) is 3.39. The smallest absolute Gasteiger partial charge is 0.274 e. The molecule has 3 aromatic rings. The molecule has 90 valence electrons. The number of aryl methyl sites for hydroxylation is 1. The van der Waals surface area contributed by atoms with Crippen molar-refractivity contribution in [3.8, 4) is 0 Å². The van der Waals surface area contributed by atoms with Crippen LogP contribution >= 0.6 is 11.3 Å². The van der Waals surface area contributed by atoms with E-state index in [0.29, 0.717) is 16.1 Å². The maximum atomic E-state index is 12.3. The van der Waals surface area contributed by atoms with Crippen LogP contribution in [0, 0.1) is 0 Å². The fourth-order valence-electron chi connectivity index (χ4n) is 1.92. The van der Waals surface area contributed by atoms with Crippen molar-refractivity contribution in [3.05, 3.63) is 63.0 Å². The predicted octanol–water partition coefficient (Wildman–Crippen LogP) is 1.93. The minimum atomic E-state index is -0.109. The van der Waals surface area contributed by atoms with Crippen molar-refractivity contribution in [1.82, 2.24) is 8.97 Å². The maximum absolute atomic E-state index is 12.3. The monoisotopic (exact) mass is 258 g/mol. The van der Waals surface area contributed by atoms with E-state index in [9.17, 15) is 9.59 Å². The average molecular weight is 258 g/mol. The van der Waals surface area contributed by atoms with Crippen LogP contribution in [0.3, 0.4) is 0 Å². The molecule has 3 rings (SSSR count). The summed E-state index contributed by atoms with van der Waals surface area (Å²) in [6.45, 7) is 0. The van der Waals surface area contributed by atoms with E-state index >= 15 is 0 Å². The topological polar surface area (TPSA) is 43.5 Å². The van der Waals surface area contributed by atoms with E-state index in [0.717, 1.165) is 0 Å². The maximum Gasteiger partial charge on any atom is 0.274 e. The Labute approximate surface area is 107 Å². The Hall–Kier alpha value is -2.14. The number of fused-ring (bicyclic) bond motifs is 1. The first-order chi connectivity index (χ1) is 8.68. The predicted molar refractivity (Wildman–Crippen MR) is 70.4 cm³/mol. The molecule has 0 amide bonds. The Morgan fingerprint density at radius 2 is 2.06 bits per heavy atom. The third-order valence-electron chi connectivity index (χ3n) is 2.87. The molecule has 18 heavy (non-hydrogen) atoms. The van der Waals surface area contributed by atoms with Crippen molar-refractivity contribution in [2.45, 2.75) is 0 Å². The van der Waals surface area contributed by atoms with Gasteiger partial charge in [-0.05, 0) is 23.6 Å². The van der Waals surface area contributed by atoms with Gasteiger partial charge in [-0.1, -0.05) is 6.07 Å². The quantitative estimate of drug-likeness (QED) is 0.659. The highest BCUT2D eigenvalue weighted by molar-refractivity contribution is 7.12. The average Bonchev–Trinajstić information content (AvgIpc) is 3.01. The molecule has 0 bridgehead atoms. The van der Waals surface area contributed by atoms with Crippen molar-refractivity contribution >= 4 is 22.6 Å². The second-order valence-corrected chi connectivity index (χ2v) is 4.94. The number of carbonyl (C=O) groups is 1. The van der Waals surface area contributed by atoms with Gasteiger partial charge in [0.15, 0.2) is 0 Å². The number of carbonyl (C=O) groups excluding carboxylic acids is 1. The summed E-state index contributed by atoms with van der Waals surface area (Å²) in [7, 11) is 1.69. The van der Waals surface area contributed by atoms with Gasteiger partial charge in [-0.2, -0.15) is 0 Å². The van der Waals surface area contributed by atoms with Gasteiger partial charge in [0.1, 0.15) is 5.52 Å². The molecule has 0 aromatic carbocycles. The third-order valence-corrected chi connectivity index (χ3v) is 3.74. The lowest BCUT2D eigenvalue weighted by molar-refractivity contribution is 0.103. The number of hydrogen-bond donors (Lipinski definition) is 0. The molecule has 0 atom stereocenters. The van der Waals surface area contributed by atoms with Crippen LogP contribution in [0.15, 0.2) is 46.8 Å². The van der Waals surface area contributed by atoms with E-state index in [1.807, 2.05) is 11.4 Å². The zero-order valence-corrected chi connectivity index (χ0v) is 10.5. The molecular formula is C13H10N2O2S. The van der Waals surface area contributed by atoms with Crippen molar-refractivity contribution < 1.29 is 4.79 Å². The molecule has 0 N–H and O–H groups in total. The zero-order valence-electron chi connectivity index (χ0n) is 9.66. The molecule has 0 radical (unpaired) electrons. The van der Waals surface area contributed by atoms with Gasteiger partial charge >= 0.3 is 0 Å². The molecule has 0 aliphatic heterocycles. The first-order valence-corrected chi connectivity index (χ1v) is 6.31. The third kappa shape index (κ3) is 1.52. The van der Waals surface area contributed by atoms with Crippen LogP contribution in [0.2, 0.25) is 0 Å². The van der Waals surface area contributed by atoms with Gasteiger partial charge in [-0.25, -0.2) is 0 Å². The van der Waals surface area contributed by atoms with Gasteiger partial charge in [-0.15, -0.1) is 11.3 Å². The molecule has 3 aromatic heterocycles. The number of hydrogen-bond acceptors (Lipinski definition) is 3. The largest absolute Gasteiger partial charge is 0.315 e. The highest BCUT2D eigenvalue weighted by atomic mass is 32.1. The number of nitrogens with zero attached hydrogens (tertiary/aromatic N) is 2. The summed E-state index contributed by atoms with van der Waals surface area (Å²) >= 11 is 1.40. The van der Waals surface area contributed by atoms with Crippen LogP contribution < -0.4 is 5.56 Å². The van der Waals surface area contributed by atoms with E-state index in [-0.39, 0.29) is 11.3 Å². The van der Waals surface area contributed by atoms with Crippen molar-refractivity contribution in [2.75, 3.05) is 0 Å². The Kier molecular flexibility index (Phi) is 2.41. The van der Waals surface area contributed by atoms with Crippen LogP contribution in [0.5, 0.6) is 0 Å². The summed E-state index contributed by atoms with van der Waals surface area (Å²) in [5.41, 5.74) is 0.924. The standard InChI is InChI=1S/C13H10N2O2S/c1-14-6-7-15-9(4-5-10(15)13(14)17)12(16)11-3-2-8-18-11/h2-8H,1H3. The highest BCUT2D eigenvalue weighted by Crippen LogP contribution is 2.16. The van der Waals surface area contributed by atoms with Crippen molar-refractivity contribution in [1.29, 1.82) is 0 Å². The SMILES string of the molecule is Cn1ccn2c(C(=O)c3cccs3)ccc2c1=O. The van der Waals surface area contributed by atoms with Gasteiger partial charge in [0.25, 0.3) is 5.56 Å². The van der Waals surface area contributed by atoms with Crippen LogP contribution in [0.1, 0.15) is 15.4 Å². The Morgan fingerprint density at radius 1 is 1.22 bits per heavy atom. The Morgan fingerprint density at radius 3 is 2.78 bits per heavy atom. The molecule has 3 heterocycles. The lowest BCUT2D eigenvalue weighted by atomic mass is 10.2. The highest BCUT2D eigenvalue weighted by Gasteiger charge is 2.15. The minimum Gasteiger partial charge on any atom is -0.315 e. The summed E-state index contributed by atoms with van der Waals surface area (Å²) in [5, 5.41) is 1.86. The minimum absolute atomic E-state index is 0.0572. The summed E-state index contributed by atoms with van der Waals surface area (Å²) in [4.78, 5) is 24.8. The summed E-state index contributed by atoms with van der Waals surface area (Å²) in [5.74, 6) is -0.0572. The van der Waals surface area contributed by atoms with Crippen LogP contribution in [-0.2, 0) is 7.05 Å². The second-order valence-electron chi connectivity index (χ2n) is 3.99. The fraction of sp³-hybridized carbons (Fsp3) is 0.0769. The molecule has 0 saturated carbocycles. The molecule has 0 aliphatic rings. The van der Waals surface area contributed by atoms with Crippen LogP contribution in [-0.4, -0.2) is 14.8 Å². The van der Waals surface area contributed by atoms with Gasteiger partial charge in [0.2, 0.25) is 5.78 Å². The number of ketones is 1. The fourth-order valence-corrected chi connectivity index (χ4v) is 2.59. The molecule has 0 unspecified atom stereocenters. The molecule has 0 aliphatic carbocycles. The molecule has 5 heteroatoms. The van der Waals surface area contributed by atoms with Crippen LogP contribution in [0.4, 0.5) is 0 Å². The summed E-state index contributed by atoms with van der Waals surface area (Å²) < 4.78 is 3.14. The Bertz CT molecular complexity index is 781. The Balaban J connectivity index is 2.23. The van der Waals surface area contributed by atoms with E-state index in [1.165, 1.54) is 15.9 Å². The van der Waals surface area contributed by atoms with Gasteiger partial charge in [0.05, 0.1) is 10.6 Å². The lowest BCUT2D eigenvalue weighted by Gasteiger charge is -2.02. The lowest BCUT2D eigenvalue weighted by Crippen LogP contribution is -2.18. The van der Waals surface area contributed by atoms with E-state index in [1.54, 1.807) is 42.0 Å². The van der Waals surface area contributed by atoms with E-state index < -0.39 is 0 Å². The zero-order chi connectivity index (χ0) is 12.7. The first kappa shape index (κ1) is 11.0. The number of rotatable bonds is 2. The van der Waals surface area contributed by atoms with Crippen LogP contribution in [0.25, 0.3) is 5.52 Å². The molecule has 4 nitrogen and oxygen atoms in total. The van der Waals surface area contributed by atoms with Crippen molar-refractivity contribution in [3.63, 3.8) is 0 Å². The molecule has 0 fully saturated rings. The molecule has 0 saturated heterocycles. The van der Waals surface area contributed by atoms with E-state index in [4.69, 9.17) is 0 Å².